The van der Waals surface area contributed by atoms with Gasteiger partial charge in [0.05, 0.1) is 6.54 Å². The third-order valence-electron chi connectivity index (χ3n) is 3.17. The zero-order valence-electron chi connectivity index (χ0n) is 12.3. The Bertz CT molecular complexity index is 706. The SMILES string of the molecule is O=C(CNC(=O)c1cccc(Cl)c1)NCCc1ccccc1F. The van der Waals surface area contributed by atoms with Gasteiger partial charge in [-0.05, 0) is 36.2 Å². The van der Waals surface area contributed by atoms with Gasteiger partial charge in [0.2, 0.25) is 5.91 Å². The summed E-state index contributed by atoms with van der Waals surface area (Å²) in [6.45, 7) is 0.148. The smallest absolute Gasteiger partial charge is 0.251 e. The Morgan fingerprint density at radius 3 is 2.57 bits per heavy atom. The zero-order chi connectivity index (χ0) is 16.7. The number of hydrogen-bond acceptors (Lipinski definition) is 2. The molecule has 0 bridgehead atoms. The van der Waals surface area contributed by atoms with Crippen molar-refractivity contribution in [3.63, 3.8) is 0 Å². The molecule has 2 amide bonds. The molecule has 2 N–H and O–H groups in total. The number of nitrogens with one attached hydrogen (secondary N) is 2. The Hall–Kier alpha value is -2.40. The minimum Gasteiger partial charge on any atom is -0.354 e. The van der Waals surface area contributed by atoms with E-state index in [1.54, 1.807) is 36.4 Å². The average molecular weight is 335 g/mol. The van der Waals surface area contributed by atoms with Crippen LogP contribution < -0.4 is 10.6 Å². The second kappa shape index (κ2) is 8.29. The van der Waals surface area contributed by atoms with Crippen molar-refractivity contribution in [2.45, 2.75) is 6.42 Å². The first kappa shape index (κ1) is 17.0. The Balaban J connectivity index is 1.73. The largest absolute Gasteiger partial charge is 0.354 e. The molecule has 0 spiro atoms. The highest BCUT2D eigenvalue weighted by molar-refractivity contribution is 6.30. The molecule has 0 aliphatic heterocycles. The topological polar surface area (TPSA) is 58.2 Å². The number of rotatable bonds is 6. The summed E-state index contributed by atoms with van der Waals surface area (Å²) in [5, 5.41) is 5.58. The van der Waals surface area contributed by atoms with Gasteiger partial charge in [0, 0.05) is 17.1 Å². The van der Waals surface area contributed by atoms with Crippen LogP contribution in [0.15, 0.2) is 48.5 Å². The minimum absolute atomic E-state index is 0.150. The Morgan fingerprint density at radius 1 is 1.04 bits per heavy atom. The van der Waals surface area contributed by atoms with Crippen molar-refractivity contribution in [2.24, 2.45) is 0 Å². The fraction of sp³-hybridized carbons (Fsp3) is 0.176. The van der Waals surface area contributed by atoms with Gasteiger partial charge in [0.15, 0.2) is 0 Å². The first-order valence-corrected chi connectivity index (χ1v) is 7.48. The van der Waals surface area contributed by atoms with E-state index in [1.165, 1.54) is 12.1 Å². The molecule has 0 atom stereocenters. The van der Waals surface area contributed by atoms with E-state index in [2.05, 4.69) is 10.6 Å². The first-order chi connectivity index (χ1) is 11.1. The highest BCUT2D eigenvalue weighted by Gasteiger charge is 2.08. The van der Waals surface area contributed by atoms with Crippen LogP contribution in [-0.2, 0) is 11.2 Å². The van der Waals surface area contributed by atoms with Crippen LogP contribution >= 0.6 is 11.6 Å². The molecule has 0 aromatic heterocycles. The normalized spacial score (nSPS) is 10.2. The number of hydrogen-bond donors (Lipinski definition) is 2. The summed E-state index contributed by atoms with van der Waals surface area (Å²) in [4.78, 5) is 23.5. The molecule has 0 heterocycles. The van der Waals surface area contributed by atoms with Gasteiger partial charge in [0.25, 0.3) is 5.91 Å². The lowest BCUT2D eigenvalue weighted by Gasteiger charge is -2.08. The summed E-state index contributed by atoms with van der Waals surface area (Å²) in [6, 6.07) is 12.8. The predicted octanol–water partition coefficient (Wildman–Crippen LogP) is 2.57. The summed E-state index contributed by atoms with van der Waals surface area (Å²) in [5.74, 6) is -1.01. The number of carbonyl (C=O) groups is 2. The van der Waals surface area contributed by atoms with Crippen molar-refractivity contribution in [1.29, 1.82) is 0 Å². The Kier molecular flexibility index (Phi) is 6.11. The van der Waals surface area contributed by atoms with E-state index in [4.69, 9.17) is 11.6 Å². The van der Waals surface area contributed by atoms with Crippen molar-refractivity contribution >= 4 is 23.4 Å². The number of benzene rings is 2. The molecule has 6 heteroatoms. The highest BCUT2D eigenvalue weighted by Crippen LogP contribution is 2.10. The summed E-state index contributed by atoms with van der Waals surface area (Å²) in [7, 11) is 0. The lowest BCUT2D eigenvalue weighted by Crippen LogP contribution is -2.37. The molecule has 0 aliphatic carbocycles. The minimum atomic E-state index is -0.378. The van der Waals surface area contributed by atoms with Gasteiger partial charge in [0.1, 0.15) is 5.82 Å². The van der Waals surface area contributed by atoms with Crippen LogP contribution in [0.2, 0.25) is 5.02 Å². The molecule has 0 unspecified atom stereocenters. The summed E-state index contributed by atoms with van der Waals surface area (Å²) in [5.41, 5.74) is 0.924. The molecule has 2 rings (SSSR count). The Labute approximate surface area is 138 Å². The second-order valence-corrected chi connectivity index (χ2v) is 5.32. The third kappa shape index (κ3) is 5.38. The van der Waals surface area contributed by atoms with Crippen LogP contribution in [0, 0.1) is 5.82 Å². The molecule has 0 radical (unpaired) electrons. The zero-order valence-corrected chi connectivity index (χ0v) is 13.1. The molecular weight excluding hydrogens is 319 g/mol. The molecule has 120 valence electrons. The van der Waals surface area contributed by atoms with Gasteiger partial charge in [-0.1, -0.05) is 35.9 Å². The van der Waals surface area contributed by atoms with Crippen LogP contribution in [0.5, 0.6) is 0 Å². The quantitative estimate of drug-likeness (QED) is 0.853. The standard InChI is InChI=1S/C17H16ClFN2O2/c18-14-6-3-5-13(10-14)17(23)21-11-16(22)20-9-8-12-4-1-2-7-15(12)19/h1-7,10H,8-9,11H2,(H,20,22)(H,21,23). The molecule has 0 saturated carbocycles. The molecule has 23 heavy (non-hydrogen) atoms. The van der Waals surface area contributed by atoms with Gasteiger partial charge in [-0.25, -0.2) is 4.39 Å². The van der Waals surface area contributed by atoms with Crippen molar-refractivity contribution in [1.82, 2.24) is 10.6 Å². The maximum absolute atomic E-state index is 13.4. The van der Waals surface area contributed by atoms with E-state index >= 15 is 0 Å². The number of halogens is 2. The van der Waals surface area contributed by atoms with Gasteiger partial charge in [-0.3, -0.25) is 9.59 Å². The van der Waals surface area contributed by atoms with Crippen LogP contribution in [0.25, 0.3) is 0 Å². The van der Waals surface area contributed by atoms with Crippen molar-refractivity contribution < 1.29 is 14.0 Å². The molecule has 4 nitrogen and oxygen atoms in total. The van der Waals surface area contributed by atoms with Crippen molar-refractivity contribution in [2.75, 3.05) is 13.1 Å². The summed E-state index contributed by atoms with van der Waals surface area (Å²) >= 11 is 5.80. The van der Waals surface area contributed by atoms with Crippen LogP contribution in [-0.4, -0.2) is 24.9 Å². The molecule has 0 saturated heterocycles. The lowest BCUT2D eigenvalue weighted by molar-refractivity contribution is -0.120. The summed E-state index contributed by atoms with van der Waals surface area (Å²) in [6.07, 6.45) is 0.390. The monoisotopic (exact) mass is 334 g/mol. The maximum atomic E-state index is 13.4. The predicted molar refractivity (Wildman–Crippen MR) is 86.9 cm³/mol. The van der Waals surface area contributed by atoms with E-state index in [1.807, 2.05) is 0 Å². The van der Waals surface area contributed by atoms with Gasteiger partial charge < -0.3 is 10.6 Å². The molecule has 2 aromatic carbocycles. The van der Waals surface area contributed by atoms with Crippen LogP contribution in [0.1, 0.15) is 15.9 Å². The maximum Gasteiger partial charge on any atom is 0.251 e. The fourth-order valence-corrected chi connectivity index (χ4v) is 2.18. The van der Waals surface area contributed by atoms with Crippen LogP contribution in [0.3, 0.4) is 0 Å². The molecule has 2 aromatic rings. The molecule has 0 fully saturated rings. The molecular formula is C17H16ClFN2O2. The average Bonchev–Trinajstić information content (AvgIpc) is 2.54. The van der Waals surface area contributed by atoms with Crippen molar-refractivity contribution in [3.8, 4) is 0 Å². The van der Waals surface area contributed by atoms with Gasteiger partial charge in [-0.2, -0.15) is 0 Å². The molecule has 0 aliphatic rings. The van der Waals surface area contributed by atoms with Gasteiger partial charge in [-0.15, -0.1) is 0 Å². The highest BCUT2D eigenvalue weighted by atomic mass is 35.5. The second-order valence-electron chi connectivity index (χ2n) is 4.88. The van der Waals surface area contributed by atoms with E-state index in [0.29, 0.717) is 29.1 Å². The van der Waals surface area contributed by atoms with Crippen LogP contribution in [0.4, 0.5) is 4.39 Å². The van der Waals surface area contributed by atoms with E-state index in [9.17, 15) is 14.0 Å². The van der Waals surface area contributed by atoms with E-state index in [0.717, 1.165) is 0 Å². The van der Waals surface area contributed by atoms with Gasteiger partial charge >= 0.3 is 0 Å². The number of amides is 2. The summed E-state index contributed by atoms with van der Waals surface area (Å²) < 4.78 is 13.4. The third-order valence-corrected chi connectivity index (χ3v) is 3.41. The fourth-order valence-electron chi connectivity index (χ4n) is 1.99. The Morgan fingerprint density at radius 2 is 1.83 bits per heavy atom. The number of carbonyl (C=O) groups excluding carboxylic acids is 2. The van der Waals surface area contributed by atoms with E-state index < -0.39 is 0 Å². The van der Waals surface area contributed by atoms with Crippen molar-refractivity contribution in [3.05, 3.63) is 70.5 Å². The van der Waals surface area contributed by atoms with E-state index in [-0.39, 0.29) is 24.2 Å². The lowest BCUT2D eigenvalue weighted by atomic mass is 10.1. The first-order valence-electron chi connectivity index (χ1n) is 7.10.